The topological polar surface area (TPSA) is 60.9 Å². The van der Waals surface area contributed by atoms with Crippen LogP contribution in [0.25, 0.3) is 0 Å². The van der Waals surface area contributed by atoms with Crippen LogP contribution in [0.2, 0.25) is 0 Å². The van der Waals surface area contributed by atoms with E-state index >= 15 is 0 Å². The highest BCUT2D eigenvalue weighted by molar-refractivity contribution is 7.86. The van der Waals surface area contributed by atoms with E-state index < -0.39 is 39.1 Å². The number of hydrogen-bond acceptors (Lipinski definition) is 3. The lowest BCUT2D eigenvalue weighted by atomic mass is 10.1. The second-order valence-corrected chi connectivity index (χ2v) is 7.35. The number of halogens is 3. The molecule has 23 heavy (non-hydrogen) atoms. The van der Waals surface area contributed by atoms with E-state index in [0.29, 0.717) is 6.07 Å². The van der Waals surface area contributed by atoms with Gasteiger partial charge >= 0.3 is 0 Å². The lowest BCUT2D eigenvalue weighted by Gasteiger charge is -2.35. The molecule has 0 spiro atoms. The quantitative estimate of drug-likeness (QED) is 0.752. The van der Waals surface area contributed by atoms with E-state index in [-0.39, 0.29) is 26.2 Å². The molecule has 1 aliphatic heterocycles. The van der Waals surface area contributed by atoms with Gasteiger partial charge in [-0.15, -0.1) is 0 Å². The van der Waals surface area contributed by atoms with Crippen molar-refractivity contribution in [3.8, 4) is 0 Å². The minimum absolute atomic E-state index is 0.0321. The lowest BCUT2D eigenvalue weighted by molar-refractivity contribution is 0.0689. The lowest BCUT2D eigenvalue weighted by Crippen LogP contribution is -2.53. The van der Waals surface area contributed by atoms with Crippen LogP contribution in [0.1, 0.15) is 10.4 Å². The Kier molecular flexibility index (Phi) is 4.97. The highest BCUT2D eigenvalue weighted by atomic mass is 32.2. The Labute approximate surface area is 132 Å². The zero-order valence-electron chi connectivity index (χ0n) is 12.6. The predicted octanol–water partition coefficient (Wildman–Crippen LogP) is 0.668. The van der Waals surface area contributed by atoms with E-state index in [2.05, 4.69) is 0 Å². The van der Waals surface area contributed by atoms with Crippen molar-refractivity contribution in [1.82, 2.24) is 13.5 Å². The summed E-state index contributed by atoms with van der Waals surface area (Å²) in [5, 5.41) is 0. The number of carbonyl (C=O) groups excluding carboxylic acids is 1. The van der Waals surface area contributed by atoms with Crippen molar-refractivity contribution in [3.05, 3.63) is 35.1 Å². The first kappa shape index (κ1) is 17.7. The van der Waals surface area contributed by atoms with Crippen LogP contribution in [0.4, 0.5) is 13.2 Å². The number of carbonyl (C=O) groups is 1. The van der Waals surface area contributed by atoms with Gasteiger partial charge in [0.25, 0.3) is 16.1 Å². The summed E-state index contributed by atoms with van der Waals surface area (Å²) in [6.45, 7) is 0.143. The molecule has 0 unspecified atom stereocenters. The first-order valence-electron chi connectivity index (χ1n) is 6.76. The summed E-state index contributed by atoms with van der Waals surface area (Å²) >= 11 is 0. The third-order valence-corrected chi connectivity index (χ3v) is 5.52. The number of nitrogens with zero attached hydrogens (tertiary/aromatic N) is 3. The first-order valence-corrected chi connectivity index (χ1v) is 8.16. The molecule has 128 valence electrons. The van der Waals surface area contributed by atoms with Crippen LogP contribution < -0.4 is 0 Å². The van der Waals surface area contributed by atoms with Crippen LogP contribution >= 0.6 is 0 Å². The van der Waals surface area contributed by atoms with Crippen molar-refractivity contribution in [2.24, 2.45) is 0 Å². The molecule has 0 aliphatic carbocycles. The number of piperazine rings is 1. The summed E-state index contributed by atoms with van der Waals surface area (Å²) in [6, 6.07) is 1.55. The SMILES string of the molecule is CN(C)S(=O)(=O)N1CCN(C(=O)c2ccc(F)c(F)c2F)CC1. The number of amides is 1. The Morgan fingerprint density at radius 3 is 2.13 bits per heavy atom. The summed E-state index contributed by atoms with van der Waals surface area (Å²) in [5.41, 5.74) is -0.576. The van der Waals surface area contributed by atoms with E-state index in [4.69, 9.17) is 0 Å². The minimum atomic E-state index is -3.59. The van der Waals surface area contributed by atoms with Crippen LogP contribution in [0.15, 0.2) is 12.1 Å². The van der Waals surface area contributed by atoms with Gasteiger partial charge in [0, 0.05) is 40.3 Å². The minimum Gasteiger partial charge on any atom is -0.336 e. The second-order valence-electron chi connectivity index (χ2n) is 5.20. The first-order chi connectivity index (χ1) is 10.7. The predicted molar refractivity (Wildman–Crippen MR) is 76.4 cm³/mol. The molecular formula is C13H16F3N3O3S. The standard InChI is InChI=1S/C13H16F3N3O3S/c1-17(2)23(21,22)19-7-5-18(6-8-19)13(20)9-3-4-10(14)12(16)11(9)15/h3-4H,5-8H2,1-2H3. The van der Waals surface area contributed by atoms with Crippen molar-refractivity contribution in [2.45, 2.75) is 0 Å². The largest absolute Gasteiger partial charge is 0.336 e. The molecule has 0 aromatic heterocycles. The van der Waals surface area contributed by atoms with Gasteiger partial charge in [-0.2, -0.15) is 17.0 Å². The molecule has 6 nitrogen and oxygen atoms in total. The Morgan fingerprint density at radius 2 is 1.61 bits per heavy atom. The molecule has 0 saturated carbocycles. The highest BCUT2D eigenvalue weighted by Gasteiger charge is 2.31. The molecule has 0 bridgehead atoms. The van der Waals surface area contributed by atoms with Gasteiger partial charge in [-0.3, -0.25) is 4.79 Å². The van der Waals surface area contributed by atoms with Crippen LogP contribution in [0.5, 0.6) is 0 Å². The molecule has 1 aliphatic rings. The van der Waals surface area contributed by atoms with Gasteiger partial charge < -0.3 is 4.90 Å². The van der Waals surface area contributed by atoms with Gasteiger partial charge in [-0.25, -0.2) is 13.2 Å². The molecule has 1 heterocycles. The second kappa shape index (κ2) is 6.46. The van der Waals surface area contributed by atoms with E-state index in [0.717, 1.165) is 10.4 Å². The molecular weight excluding hydrogens is 335 g/mol. The van der Waals surface area contributed by atoms with Crippen molar-refractivity contribution in [2.75, 3.05) is 40.3 Å². The average molecular weight is 351 g/mol. The smallest absolute Gasteiger partial charge is 0.281 e. The van der Waals surface area contributed by atoms with Crippen molar-refractivity contribution >= 4 is 16.1 Å². The number of hydrogen-bond donors (Lipinski definition) is 0. The fraction of sp³-hybridized carbons (Fsp3) is 0.462. The zero-order chi connectivity index (χ0) is 17.4. The van der Waals surface area contributed by atoms with Gasteiger partial charge in [-0.1, -0.05) is 0 Å². The number of benzene rings is 1. The van der Waals surface area contributed by atoms with Crippen LogP contribution in [0, 0.1) is 17.5 Å². The van der Waals surface area contributed by atoms with Crippen molar-refractivity contribution < 1.29 is 26.4 Å². The fourth-order valence-corrected chi connectivity index (χ4v) is 3.30. The van der Waals surface area contributed by atoms with Gasteiger partial charge in [0.1, 0.15) is 0 Å². The van der Waals surface area contributed by atoms with Crippen LogP contribution in [-0.4, -0.2) is 68.1 Å². The Hall–Kier alpha value is -1.65. The molecule has 10 heteroatoms. The molecule has 2 rings (SSSR count). The third-order valence-electron chi connectivity index (χ3n) is 3.58. The van der Waals surface area contributed by atoms with E-state index in [1.54, 1.807) is 0 Å². The van der Waals surface area contributed by atoms with E-state index in [9.17, 15) is 26.4 Å². The molecule has 1 aromatic carbocycles. The number of rotatable bonds is 3. The molecule has 1 saturated heterocycles. The van der Waals surface area contributed by atoms with Gasteiger partial charge in [-0.05, 0) is 12.1 Å². The third kappa shape index (κ3) is 3.33. The monoisotopic (exact) mass is 351 g/mol. The zero-order valence-corrected chi connectivity index (χ0v) is 13.4. The van der Waals surface area contributed by atoms with Crippen LogP contribution in [0.3, 0.4) is 0 Å². The van der Waals surface area contributed by atoms with Gasteiger partial charge in [0.15, 0.2) is 17.5 Å². The fourth-order valence-electron chi connectivity index (χ4n) is 2.21. The summed E-state index contributed by atoms with van der Waals surface area (Å²) in [4.78, 5) is 13.4. The molecule has 1 aromatic rings. The maximum absolute atomic E-state index is 13.7. The average Bonchev–Trinajstić information content (AvgIpc) is 2.52. The van der Waals surface area contributed by atoms with Crippen LogP contribution in [-0.2, 0) is 10.2 Å². The van der Waals surface area contributed by atoms with E-state index in [1.807, 2.05) is 0 Å². The van der Waals surface area contributed by atoms with Gasteiger partial charge in [0.05, 0.1) is 5.56 Å². The summed E-state index contributed by atoms with van der Waals surface area (Å²) in [5.74, 6) is -5.42. The molecule has 0 radical (unpaired) electrons. The molecule has 0 atom stereocenters. The summed E-state index contributed by atoms with van der Waals surface area (Å²) < 4.78 is 66.0. The maximum atomic E-state index is 13.7. The van der Waals surface area contributed by atoms with Crippen molar-refractivity contribution in [3.63, 3.8) is 0 Å². The van der Waals surface area contributed by atoms with Gasteiger partial charge in [0.2, 0.25) is 0 Å². The Morgan fingerprint density at radius 1 is 1.04 bits per heavy atom. The maximum Gasteiger partial charge on any atom is 0.281 e. The summed E-state index contributed by atoms with van der Waals surface area (Å²) in [7, 11) is -0.804. The molecule has 1 fully saturated rings. The normalized spacial score (nSPS) is 16.9. The Balaban J connectivity index is 2.12. The molecule has 1 amide bonds. The highest BCUT2D eigenvalue weighted by Crippen LogP contribution is 2.18. The van der Waals surface area contributed by atoms with E-state index in [1.165, 1.54) is 23.3 Å². The summed E-state index contributed by atoms with van der Waals surface area (Å²) in [6.07, 6.45) is 0. The Bertz CT molecular complexity index is 717. The van der Waals surface area contributed by atoms with Crippen molar-refractivity contribution in [1.29, 1.82) is 0 Å². The molecule has 0 N–H and O–H groups in total.